The maximum absolute atomic E-state index is 11.6. The first-order valence-corrected chi connectivity index (χ1v) is 9.09. The average molecular weight is 284 g/mol. The summed E-state index contributed by atoms with van der Waals surface area (Å²) in [7, 11) is -6.26. The molecule has 6 nitrogen and oxygen atoms in total. The third kappa shape index (κ3) is 4.90. The SMILES string of the molecule is CCS(=O)(=O)NCCCN1CCCCS1(=O)=O. The van der Waals surface area contributed by atoms with Crippen LogP contribution >= 0.6 is 0 Å². The highest BCUT2D eigenvalue weighted by molar-refractivity contribution is 7.89. The van der Waals surface area contributed by atoms with Crippen molar-refractivity contribution in [1.82, 2.24) is 9.03 Å². The van der Waals surface area contributed by atoms with Crippen molar-refractivity contribution in [2.24, 2.45) is 0 Å². The second kappa shape index (κ2) is 6.12. The minimum atomic E-state index is -3.17. The Morgan fingerprint density at radius 3 is 2.59 bits per heavy atom. The summed E-state index contributed by atoms with van der Waals surface area (Å²) >= 11 is 0. The molecule has 1 aliphatic rings. The summed E-state index contributed by atoms with van der Waals surface area (Å²) in [6.45, 7) is 2.82. The van der Waals surface area contributed by atoms with Gasteiger partial charge < -0.3 is 0 Å². The summed E-state index contributed by atoms with van der Waals surface area (Å²) in [5, 5.41) is 0. The third-order valence-electron chi connectivity index (χ3n) is 2.74. The van der Waals surface area contributed by atoms with Gasteiger partial charge >= 0.3 is 0 Å². The summed E-state index contributed by atoms with van der Waals surface area (Å²) in [5.74, 6) is 0.267. The number of hydrogen-bond acceptors (Lipinski definition) is 4. The fourth-order valence-electron chi connectivity index (χ4n) is 1.68. The Labute approximate surface area is 103 Å². The van der Waals surface area contributed by atoms with Crippen molar-refractivity contribution in [2.75, 3.05) is 31.1 Å². The molecular weight excluding hydrogens is 264 g/mol. The Hall–Kier alpha value is -0.180. The van der Waals surface area contributed by atoms with E-state index in [0.717, 1.165) is 12.8 Å². The molecule has 102 valence electrons. The van der Waals surface area contributed by atoms with Gasteiger partial charge in [0.1, 0.15) is 0 Å². The first-order chi connectivity index (χ1) is 7.87. The topological polar surface area (TPSA) is 83.6 Å². The molecule has 0 aromatic rings. The summed E-state index contributed by atoms with van der Waals surface area (Å²) in [6, 6.07) is 0. The summed E-state index contributed by atoms with van der Waals surface area (Å²) in [5.41, 5.74) is 0. The highest BCUT2D eigenvalue weighted by atomic mass is 32.2. The first-order valence-electron chi connectivity index (χ1n) is 5.82. The Balaban J connectivity index is 2.32. The van der Waals surface area contributed by atoms with Crippen molar-refractivity contribution >= 4 is 20.0 Å². The van der Waals surface area contributed by atoms with Gasteiger partial charge in [-0.1, -0.05) is 0 Å². The lowest BCUT2D eigenvalue weighted by atomic mass is 10.3. The standard InChI is InChI=1S/C9H20N2O4S2/c1-2-16(12,13)10-6-5-8-11-7-3-4-9-17(11,14)15/h10H,2-9H2,1H3. The molecule has 0 spiro atoms. The largest absolute Gasteiger partial charge is 0.215 e. The van der Waals surface area contributed by atoms with Crippen molar-refractivity contribution in [2.45, 2.75) is 26.2 Å². The molecule has 0 aromatic carbocycles. The maximum Gasteiger partial charge on any atom is 0.214 e. The van der Waals surface area contributed by atoms with Crippen LogP contribution in [0.4, 0.5) is 0 Å². The quantitative estimate of drug-likeness (QED) is 0.681. The summed E-state index contributed by atoms with van der Waals surface area (Å²) in [6.07, 6.45) is 2.12. The van der Waals surface area contributed by atoms with Gasteiger partial charge in [-0.2, -0.15) is 0 Å². The Morgan fingerprint density at radius 2 is 2.00 bits per heavy atom. The van der Waals surface area contributed by atoms with E-state index in [9.17, 15) is 16.8 Å². The smallest absolute Gasteiger partial charge is 0.214 e. The van der Waals surface area contributed by atoms with E-state index >= 15 is 0 Å². The predicted octanol–water partition coefficient (Wildman–Crippen LogP) is -0.259. The van der Waals surface area contributed by atoms with Gasteiger partial charge in [0.05, 0.1) is 11.5 Å². The highest BCUT2D eigenvalue weighted by Crippen LogP contribution is 2.13. The van der Waals surface area contributed by atoms with E-state index in [-0.39, 0.29) is 11.5 Å². The normalized spacial score (nSPS) is 21.5. The molecular formula is C9H20N2O4S2. The van der Waals surface area contributed by atoms with Gasteiger partial charge in [-0.3, -0.25) is 0 Å². The van der Waals surface area contributed by atoms with Crippen LogP contribution in [0.2, 0.25) is 0 Å². The molecule has 0 saturated carbocycles. The zero-order valence-corrected chi connectivity index (χ0v) is 11.7. The van der Waals surface area contributed by atoms with Gasteiger partial charge in [0.15, 0.2) is 0 Å². The van der Waals surface area contributed by atoms with Crippen molar-refractivity contribution in [3.8, 4) is 0 Å². The number of sulfonamides is 2. The molecule has 0 unspecified atom stereocenters. The molecule has 0 aromatic heterocycles. The van der Waals surface area contributed by atoms with Gasteiger partial charge in [-0.25, -0.2) is 25.9 Å². The molecule has 1 aliphatic heterocycles. The van der Waals surface area contributed by atoms with Gasteiger partial charge in [-0.15, -0.1) is 0 Å². The lowest BCUT2D eigenvalue weighted by molar-refractivity contribution is 0.378. The van der Waals surface area contributed by atoms with E-state index in [1.165, 1.54) is 4.31 Å². The lowest BCUT2D eigenvalue weighted by Gasteiger charge is -2.26. The Bertz CT molecular complexity index is 430. The van der Waals surface area contributed by atoms with Gasteiger partial charge in [0.25, 0.3) is 0 Å². The van der Waals surface area contributed by atoms with Crippen LogP contribution in [0, 0.1) is 0 Å². The molecule has 0 amide bonds. The van der Waals surface area contributed by atoms with Crippen LogP contribution < -0.4 is 4.72 Å². The predicted molar refractivity (Wildman–Crippen MR) is 66.7 cm³/mol. The number of rotatable bonds is 6. The minimum absolute atomic E-state index is 0.0506. The van der Waals surface area contributed by atoms with E-state index < -0.39 is 20.0 Å². The molecule has 1 rings (SSSR count). The fraction of sp³-hybridized carbons (Fsp3) is 1.00. The molecule has 1 saturated heterocycles. The van der Waals surface area contributed by atoms with E-state index in [2.05, 4.69) is 4.72 Å². The number of hydrogen-bond donors (Lipinski definition) is 1. The van der Waals surface area contributed by atoms with Crippen molar-refractivity contribution in [1.29, 1.82) is 0 Å². The second-order valence-corrected chi connectivity index (χ2v) is 8.26. The van der Waals surface area contributed by atoms with E-state index in [1.807, 2.05) is 0 Å². The molecule has 1 heterocycles. The van der Waals surface area contributed by atoms with Gasteiger partial charge in [-0.05, 0) is 26.2 Å². The van der Waals surface area contributed by atoms with Gasteiger partial charge in [0, 0.05) is 19.6 Å². The van der Waals surface area contributed by atoms with Crippen molar-refractivity contribution < 1.29 is 16.8 Å². The van der Waals surface area contributed by atoms with Crippen LogP contribution in [0.25, 0.3) is 0 Å². The van der Waals surface area contributed by atoms with Crippen LogP contribution in [-0.2, 0) is 20.0 Å². The lowest BCUT2D eigenvalue weighted by Crippen LogP contribution is -2.39. The number of nitrogens with zero attached hydrogens (tertiary/aromatic N) is 1. The fourth-order valence-corrected chi connectivity index (χ4v) is 3.98. The molecule has 0 bridgehead atoms. The Kier molecular flexibility index (Phi) is 5.36. The highest BCUT2D eigenvalue weighted by Gasteiger charge is 2.24. The molecule has 1 N–H and O–H groups in total. The van der Waals surface area contributed by atoms with Crippen LogP contribution in [0.1, 0.15) is 26.2 Å². The first kappa shape index (κ1) is 14.9. The molecule has 1 fully saturated rings. The van der Waals surface area contributed by atoms with Crippen molar-refractivity contribution in [3.63, 3.8) is 0 Å². The summed E-state index contributed by atoms with van der Waals surface area (Å²) in [4.78, 5) is 0. The van der Waals surface area contributed by atoms with E-state index in [1.54, 1.807) is 6.92 Å². The molecule has 0 aliphatic carbocycles. The van der Waals surface area contributed by atoms with Crippen molar-refractivity contribution in [3.05, 3.63) is 0 Å². The zero-order chi connectivity index (χ0) is 12.9. The second-order valence-electron chi connectivity index (χ2n) is 4.07. The monoisotopic (exact) mass is 284 g/mol. The Morgan fingerprint density at radius 1 is 1.29 bits per heavy atom. The molecule has 17 heavy (non-hydrogen) atoms. The minimum Gasteiger partial charge on any atom is -0.215 e. The maximum atomic E-state index is 11.6. The van der Waals surface area contributed by atoms with Crippen LogP contribution in [-0.4, -0.2) is 52.3 Å². The van der Waals surface area contributed by atoms with E-state index in [4.69, 9.17) is 0 Å². The molecule has 8 heteroatoms. The number of nitrogens with one attached hydrogen (secondary N) is 1. The molecule has 0 atom stereocenters. The summed E-state index contributed by atoms with van der Waals surface area (Å²) < 4.78 is 49.4. The van der Waals surface area contributed by atoms with E-state index in [0.29, 0.717) is 26.1 Å². The third-order valence-corrected chi connectivity index (χ3v) is 6.10. The molecule has 0 radical (unpaired) electrons. The average Bonchev–Trinajstić information content (AvgIpc) is 2.26. The van der Waals surface area contributed by atoms with Crippen LogP contribution in [0.5, 0.6) is 0 Å². The van der Waals surface area contributed by atoms with Gasteiger partial charge in [0.2, 0.25) is 20.0 Å². The van der Waals surface area contributed by atoms with Crippen LogP contribution in [0.3, 0.4) is 0 Å². The zero-order valence-electron chi connectivity index (χ0n) is 10.1. The van der Waals surface area contributed by atoms with Crippen LogP contribution in [0.15, 0.2) is 0 Å².